The Morgan fingerprint density at radius 1 is 0.727 bits per heavy atom. The number of carbonyl (C=O) groups is 1. The summed E-state index contributed by atoms with van der Waals surface area (Å²) in [5.41, 5.74) is 2.87. The second-order valence-corrected chi connectivity index (χ2v) is 8.22. The molecule has 4 atom stereocenters. The molecule has 1 aliphatic heterocycles. The minimum atomic E-state index is -1.56. The summed E-state index contributed by atoms with van der Waals surface area (Å²) in [6.07, 6.45) is -3.71. The summed E-state index contributed by atoms with van der Waals surface area (Å²) in [5, 5.41) is 21.3. The molecule has 3 aromatic carbocycles. The molecular weight excluding hydrogens is 418 g/mol. The SMILES string of the molecule is O=C1[C@@H](O)[C@@H](O)C(OCc2ccccc2)C(COCc2ccccc2)N1Cc1ccccc1. The van der Waals surface area contributed by atoms with Gasteiger partial charge in [-0.15, -0.1) is 0 Å². The molecule has 0 aromatic heterocycles. The lowest BCUT2D eigenvalue weighted by atomic mass is 9.92. The van der Waals surface area contributed by atoms with Crippen LogP contribution >= 0.6 is 0 Å². The van der Waals surface area contributed by atoms with Crippen LogP contribution in [-0.4, -0.2) is 52.0 Å². The predicted octanol–water partition coefficient (Wildman–Crippen LogP) is 2.92. The summed E-state index contributed by atoms with van der Waals surface area (Å²) in [6.45, 7) is 1.07. The van der Waals surface area contributed by atoms with E-state index in [2.05, 4.69) is 0 Å². The number of hydrogen-bond donors (Lipinski definition) is 2. The topological polar surface area (TPSA) is 79.2 Å². The maximum Gasteiger partial charge on any atom is 0.254 e. The molecule has 0 aliphatic carbocycles. The average molecular weight is 448 g/mol. The first-order valence-corrected chi connectivity index (χ1v) is 11.1. The number of nitrogens with zero attached hydrogens (tertiary/aromatic N) is 1. The Morgan fingerprint density at radius 2 is 1.24 bits per heavy atom. The molecule has 172 valence electrons. The number of benzene rings is 3. The molecule has 2 unspecified atom stereocenters. The van der Waals surface area contributed by atoms with Crippen LogP contribution < -0.4 is 0 Å². The van der Waals surface area contributed by atoms with E-state index >= 15 is 0 Å². The lowest BCUT2D eigenvalue weighted by Crippen LogP contribution is -2.65. The van der Waals surface area contributed by atoms with Crippen LogP contribution in [0.3, 0.4) is 0 Å². The zero-order chi connectivity index (χ0) is 23.0. The highest BCUT2D eigenvalue weighted by atomic mass is 16.5. The molecule has 1 aliphatic rings. The molecule has 0 radical (unpaired) electrons. The molecule has 6 heteroatoms. The third kappa shape index (κ3) is 5.86. The summed E-state index contributed by atoms with van der Waals surface area (Å²) in [7, 11) is 0. The summed E-state index contributed by atoms with van der Waals surface area (Å²) >= 11 is 0. The number of aliphatic hydroxyl groups excluding tert-OH is 2. The van der Waals surface area contributed by atoms with Gasteiger partial charge in [0, 0.05) is 6.54 Å². The van der Waals surface area contributed by atoms with Gasteiger partial charge in [-0.1, -0.05) is 91.0 Å². The normalized spacial score (nSPS) is 23.0. The molecule has 3 aromatic rings. The second-order valence-electron chi connectivity index (χ2n) is 8.22. The average Bonchev–Trinajstić information content (AvgIpc) is 2.86. The summed E-state index contributed by atoms with van der Waals surface area (Å²) < 4.78 is 12.1. The van der Waals surface area contributed by atoms with Crippen LogP contribution in [0.1, 0.15) is 16.7 Å². The minimum Gasteiger partial charge on any atom is -0.387 e. The molecule has 33 heavy (non-hydrogen) atoms. The first-order chi connectivity index (χ1) is 16.1. The minimum absolute atomic E-state index is 0.163. The van der Waals surface area contributed by atoms with Crippen molar-refractivity contribution in [2.75, 3.05) is 6.61 Å². The monoisotopic (exact) mass is 447 g/mol. The first kappa shape index (κ1) is 23.1. The zero-order valence-corrected chi connectivity index (χ0v) is 18.4. The quantitative estimate of drug-likeness (QED) is 0.527. The van der Waals surface area contributed by atoms with Crippen LogP contribution in [-0.2, 0) is 34.0 Å². The Bertz CT molecular complexity index is 999. The van der Waals surface area contributed by atoms with Crippen LogP contribution in [0.5, 0.6) is 0 Å². The van der Waals surface area contributed by atoms with Crippen molar-refractivity contribution in [2.45, 2.75) is 44.1 Å². The number of hydrogen-bond acceptors (Lipinski definition) is 5. The maximum atomic E-state index is 13.0. The van der Waals surface area contributed by atoms with Crippen LogP contribution in [0.15, 0.2) is 91.0 Å². The molecule has 6 nitrogen and oxygen atoms in total. The first-order valence-electron chi connectivity index (χ1n) is 11.1. The largest absolute Gasteiger partial charge is 0.387 e. The Morgan fingerprint density at radius 3 is 1.82 bits per heavy atom. The smallest absolute Gasteiger partial charge is 0.254 e. The molecule has 0 bridgehead atoms. The number of piperidine rings is 1. The Hall–Kier alpha value is -3.03. The van der Waals surface area contributed by atoms with E-state index < -0.39 is 30.3 Å². The predicted molar refractivity (Wildman–Crippen MR) is 124 cm³/mol. The standard InChI is InChI=1S/C27H29NO5/c29-24-25(30)27(31)28(16-20-10-4-1-5-11-20)23(19-32-17-21-12-6-2-7-13-21)26(24)33-18-22-14-8-3-9-15-22/h1-15,23-26,29-30H,16-19H2/t23?,24-,25+,26?/m1/s1. The summed E-state index contributed by atoms with van der Waals surface area (Å²) in [4.78, 5) is 14.6. The highest BCUT2D eigenvalue weighted by Gasteiger charge is 2.48. The van der Waals surface area contributed by atoms with Crippen LogP contribution in [0.4, 0.5) is 0 Å². The van der Waals surface area contributed by atoms with E-state index in [1.807, 2.05) is 91.0 Å². The molecule has 1 amide bonds. The van der Waals surface area contributed by atoms with Gasteiger partial charge >= 0.3 is 0 Å². The van der Waals surface area contributed by atoms with Gasteiger partial charge in [0.25, 0.3) is 5.91 Å². The van der Waals surface area contributed by atoms with E-state index in [-0.39, 0.29) is 19.8 Å². The number of amides is 1. The van der Waals surface area contributed by atoms with Crippen molar-refractivity contribution in [3.05, 3.63) is 108 Å². The van der Waals surface area contributed by atoms with E-state index in [0.29, 0.717) is 6.61 Å². The van der Waals surface area contributed by atoms with Gasteiger partial charge in [0.2, 0.25) is 0 Å². The van der Waals surface area contributed by atoms with Crippen molar-refractivity contribution >= 4 is 5.91 Å². The number of rotatable bonds is 9. The van der Waals surface area contributed by atoms with Crippen molar-refractivity contribution in [2.24, 2.45) is 0 Å². The number of likely N-dealkylation sites (tertiary alicyclic amines) is 1. The fourth-order valence-electron chi connectivity index (χ4n) is 4.07. The van der Waals surface area contributed by atoms with Gasteiger partial charge in [-0.2, -0.15) is 0 Å². The molecule has 1 saturated heterocycles. The summed E-state index contributed by atoms with van der Waals surface area (Å²) in [5.74, 6) is -0.528. The van der Waals surface area contributed by atoms with Crippen LogP contribution in [0.2, 0.25) is 0 Å². The third-order valence-electron chi connectivity index (χ3n) is 5.86. The fraction of sp³-hybridized carbons (Fsp3) is 0.296. The van der Waals surface area contributed by atoms with Crippen molar-refractivity contribution in [3.8, 4) is 0 Å². The highest BCUT2D eigenvalue weighted by molar-refractivity contribution is 5.83. The van der Waals surface area contributed by atoms with Gasteiger partial charge in [0.1, 0.15) is 12.2 Å². The van der Waals surface area contributed by atoms with Gasteiger partial charge < -0.3 is 24.6 Å². The third-order valence-corrected chi connectivity index (χ3v) is 5.86. The number of aliphatic hydroxyl groups is 2. The lowest BCUT2D eigenvalue weighted by Gasteiger charge is -2.45. The van der Waals surface area contributed by atoms with Gasteiger partial charge in [0.05, 0.1) is 25.9 Å². The molecule has 4 rings (SSSR count). The summed E-state index contributed by atoms with van der Waals surface area (Å²) in [6, 6.07) is 28.4. The molecule has 1 heterocycles. The van der Waals surface area contributed by atoms with E-state index in [0.717, 1.165) is 16.7 Å². The molecule has 1 fully saturated rings. The van der Waals surface area contributed by atoms with Crippen molar-refractivity contribution in [1.82, 2.24) is 4.90 Å². The molecule has 2 N–H and O–H groups in total. The van der Waals surface area contributed by atoms with E-state index in [1.165, 1.54) is 0 Å². The number of carbonyl (C=O) groups excluding carboxylic acids is 1. The molecule has 0 spiro atoms. The van der Waals surface area contributed by atoms with E-state index in [4.69, 9.17) is 9.47 Å². The van der Waals surface area contributed by atoms with Gasteiger partial charge in [-0.05, 0) is 16.7 Å². The highest BCUT2D eigenvalue weighted by Crippen LogP contribution is 2.26. The Kier molecular flexibility index (Phi) is 7.86. The number of ether oxygens (including phenoxy) is 2. The van der Waals surface area contributed by atoms with E-state index in [1.54, 1.807) is 4.90 Å². The Balaban J connectivity index is 1.55. The van der Waals surface area contributed by atoms with Gasteiger partial charge in [-0.25, -0.2) is 0 Å². The lowest BCUT2D eigenvalue weighted by molar-refractivity contribution is -0.192. The zero-order valence-electron chi connectivity index (χ0n) is 18.4. The van der Waals surface area contributed by atoms with Gasteiger partial charge in [-0.3, -0.25) is 4.79 Å². The second kappa shape index (κ2) is 11.2. The molecular formula is C27H29NO5. The van der Waals surface area contributed by atoms with E-state index in [9.17, 15) is 15.0 Å². The maximum absolute atomic E-state index is 13.0. The fourth-order valence-corrected chi connectivity index (χ4v) is 4.07. The molecule has 0 saturated carbocycles. The van der Waals surface area contributed by atoms with Crippen molar-refractivity contribution < 1.29 is 24.5 Å². The van der Waals surface area contributed by atoms with Crippen molar-refractivity contribution in [3.63, 3.8) is 0 Å². The van der Waals surface area contributed by atoms with Crippen LogP contribution in [0.25, 0.3) is 0 Å². The van der Waals surface area contributed by atoms with Gasteiger partial charge in [0.15, 0.2) is 6.10 Å². The Labute approximate surface area is 194 Å². The van der Waals surface area contributed by atoms with Crippen LogP contribution in [0, 0.1) is 0 Å². The van der Waals surface area contributed by atoms with Crippen molar-refractivity contribution in [1.29, 1.82) is 0 Å².